The number of ether oxygens (including phenoxy) is 1. The summed E-state index contributed by atoms with van der Waals surface area (Å²) < 4.78 is 5.57. The molecule has 0 fully saturated rings. The molecule has 23 heavy (non-hydrogen) atoms. The van der Waals surface area contributed by atoms with Gasteiger partial charge < -0.3 is 19.6 Å². The summed E-state index contributed by atoms with van der Waals surface area (Å²) in [7, 11) is 0. The molecular weight excluding hydrogens is 322 g/mol. The molecule has 1 aromatic carbocycles. The Bertz CT molecular complexity index is 644. The lowest BCUT2D eigenvalue weighted by Crippen LogP contribution is -2.37. The van der Waals surface area contributed by atoms with Crippen LogP contribution in [0.1, 0.15) is 6.42 Å². The van der Waals surface area contributed by atoms with E-state index in [9.17, 15) is 9.59 Å². The molecule has 1 amide bonds. The van der Waals surface area contributed by atoms with E-state index in [0.717, 1.165) is 0 Å². The zero-order chi connectivity index (χ0) is 16.8. The predicted molar refractivity (Wildman–Crippen MR) is 85.1 cm³/mol. The van der Waals surface area contributed by atoms with Crippen molar-refractivity contribution in [2.75, 3.05) is 41.9 Å². The normalized spacial score (nSPS) is 12.8. The number of amides is 1. The van der Waals surface area contributed by atoms with Gasteiger partial charge in [-0.15, -0.1) is 11.6 Å². The Morgan fingerprint density at radius 2 is 2.26 bits per heavy atom. The molecule has 1 aromatic rings. The third-order valence-corrected chi connectivity index (χ3v) is 3.63. The molecule has 122 valence electrons. The molecule has 0 radical (unpaired) electrons. The first kappa shape index (κ1) is 16.9. The van der Waals surface area contributed by atoms with Gasteiger partial charge in [-0.05, 0) is 12.1 Å². The predicted octanol–water partition coefficient (Wildman–Crippen LogP) is 1.46. The number of hydrogen-bond acceptors (Lipinski definition) is 5. The minimum Gasteiger partial charge on any atom is -0.489 e. The number of nitrogens with zero attached hydrogens (tertiary/aromatic N) is 3. The second-order valence-corrected chi connectivity index (χ2v) is 5.17. The molecule has 1 N–H and O–H groups in total. The molecule has 0 saturated heterocycles. The van der Waals surface area contributed by atoms with Crippen molar-refractivity contribution >= 4 is 34.9 Å². The van der Waals surface area contributed by atoms with E-state index in [-0.39, 0.29) is 31.3 Å². The number of carbonyl (C=O) groups excluding carboxylic acids is 1. The lowest BCUT2D eigenvalue weighted by molar-refractivity contribution is -0.135. The number of alkyl halides is 1. The van der Waals surface area contributed by atoms with E-state index < -0.39 is 5.97 Å². The van der Waals surface area contributed by atoms with Crippen molar-refractivity contribution in [3.63, 3.8) is 0 Å². The summed E-state index contributed by atoms with van der Waals surface area (Å²) in [5.74, 6) is -0.900. The Labute approximate surface area is 138 Å². The molecule has 0 spiro atoms. The number of carboxylic acids is 1. The van der Waals surface area contributed by atoms with E-state index in [1.54, 1.807) is 23.1 Å². The topological polar surface area (TPSA) is 93.9 Å². The molecule has 0 aliphatic carbocycles. The number of nitriles is 1. The molecule has 0 bridgehead atoms. The van der Waals surface area contributed by atoms with Gasteiger partial charge in [-0.3, -0.25) is 9.59 Å². The molecule has 7 nitrogen and oxygen atoms in total. The van der Waals surface area contributed by atoms with Gasteiger partial charge in [0.2, 0.25) is 5.91 Å². The highest BCUT2D eigenvalue weighted by atomic mass is 35.5. The SMILES string of the molecule is N#CCCN(C(=O)CCl)c1ccc2c(c1)OCCN2CC(=O)O. The monoisotopic (exact) mass is 337 g/mol. The number of anilines is 2. The number of fused-ring (bicyclic) bond motifs is 1. The van der Waals surface area contributed by atoms with Gasteiger partial charge in [0.25, 0.3) is 0 Å². The fourth-order valence-corrected chi connectivity index (χ4v) is 2.54. The quantitative estimate of drug-likeness (QED) is 0.790. The van der Waals surface area contributed by atoms with Crippen LogP contribution in [0.2, 0.25) is 0 Å². The Balaban J connectivity index is 2.29. The summed E-state index contributed by atoms with van der Waals surface area (Å²) in [4.78, 5) is 26.0. The van der Waals surface area contributed by atoms with Crippen molar-refractivity contribution in [1.82, 2.24) is 0 Å². The highest BCUT2D eigenvalue weighted by Gasteiger charge is 2.22. The minimum atomic E-state index is -0.921. The van der Waals surface area contributed by atoms with Crippen LogP contribution in [0.4, 0.5) is 11.4 Å². The third kappa shape index (κ3) is 4.05. The summed E-state index contributed by atoms with van der Waals surface area (Å²) in [5, 5.41) is 17.7. The lowest BCUT2D eigenvalue weighted by atomic mass is 10.2. The Hall–Kier alpha value is -2.46. The van der Waals surface area contributed by atoms with E-state index >= 15 is 0 Å². The summed E-state index contributed by atoms with van der Waals surface area (Å²) in [6, 6.07) is 7.08. The number of benzene rings is 1. The van der Waals surface area contributed by atoms with E-state index in [0.29, 0.717) is 30.3 Å². The van der Waals surface area contributed by atoms with Crippen molar-refractivity contribution in [3.05, 3.63) is 18.2 Å². The second kappa shape index (κ2) is 7.70. The molecule has 1 aliphatic rings. The van der Waals surface area contributed by atoms with Crippen molar-refractivity contribution < 1.29 is 19.4 Å². The number of hydrogen-bond donors (Lipinski definition) is 1. The first-order valence-electron chi connectivity index (χ1n) is 7.03. The van der Waals surface area contributed by atoms with Gasteiger partial charge in [0.1, 0.15) is 24.8 Å². The maximum atomic E-state index is 12.0. The van der Waals surface area contributed by atoms with Gasteiger partial charge in [-0.1, -0.05) is 0 Å². The van der Waals surface area contributed by atoms with Crippen molar-refractivity contribution in [1.29, 1.82) is 5.26 Å². The van der Waals surface area contributed by atoms with Crippen molar-refractivity contribution in [2.45, 2.75) is 6.42 Å². The van der Waals surface area contributed by atoms with Gasteiger partial charge >= 0.3 is 5.97 Å². The highest BCUT2D eigenvalue weighted by Crippen LogP contribution is 2.35. The summed E-state index contributed by atoms with van der Waals surface area (Å²) >= 11 is 5.62. The number of rotatable bonds is 6. The van der Waals surface area contributed by atoms with E-state index in [1.807, 2.05) is 6.07 Å². The Morgan fingerprint density at radius 3 is 2.91 bits per heavy atom. The van der Waals surface area contributed by atoms with Gasteiger partial charge in [0, 0.05) is 18.3 Å². The maximum absolute atomic E-state index is 12.0. The lowest BCUT2D eigenvalue weighted by Gasteiger charge is -2.31. The van der Waals surface area contributed by atoms with Crippen LogP contribution < -0.4 is 14.5 Å². The van der Waals surface area contributed by atoms with Gasteiger partial charge in [0.15, 0.2) is 0 Å². The van der Waals surface area contributed by atoms with Crippen molar-refractivity contribution in [3.8, 4) is 11.8 Å². The molecule has 0 atom stereocenters. The summed E-state index contributed by atoms with van der Waals surface area (Å²) in [6.07, 6.45) is 0.186. The molecular formula is C15H16ClN3O4. The summed E-state index contributed by atoms with van der Waals surface area (Å²) in [5.41, 5.74) is 1.24. The molecule has 1 aliphatic heterocycles. The fraction of sp³-hybridized carbons (Fsp3) is 0.400. The Kier molecular flexibility index (Phi) is 5.66. The van der Waals surface area contributed by atoms with Gasteiger partial charge in [0.05, 0.1) is 24.7 Å². The minimum absolute atomic E-state index is 0.117. The molecule has 2 rings (SSSR count). The molecule has 0 aromatic heterocycles. The standard InChI is InChI=1S/C15H16ClN3O4/c16-9-14(20)19(5-1-4-17)11-2-3-12-13(8-11)23-7-6-18(12)10-15(21)22/h2-3,8H,1,5-7,9-10H2,(H,21,22). The van der Waals surface area contributed by atoms with E-state index in [2.05, 4.69) is 0 Å². The average Bonchev–Trinajstić information content (AvgIpc) is 2.54. The second-order valence-electron chi connectivity index (χ2n) is 4.90. The van der Waals surface area contributed by atoms with Gasteiger partial charge in [-0.2, -0.15) is 5.26 Å². The van der Waals surface area contributed by atoms with Crippen LogP contribution >= 0.6 is 11.6 Å². The fourth-order valence-electron chi connectivity index (χ4n) is 2.39. The van der Waals surface area contributed by atoms with Crippen LogP contribution in [0, 0.1) is 11.3 Å². The molecule has 1 heterocycles. The smallest absolute Gasteiger partial charge is 0.323 e. The number of carboxylic acid groups (broad SMARTS) is 1. The van der Waals surface area contributed by atoms with Crippen LogP contribution in [0.3, 0.4) is 0 Å². The first-order valence-corrected chi connectivity index (χ1v) is 7.57. The number of aliphatic carboxylic acids is 1. The molecule has 0 saturated carbocycles. The third-order valence-electron chi connectivity index (χ3n) is 3.40. The first-order chi connectivity index (χ1) is 11.1. The van der Waals surface area contributed by atoms with Crippen molar-refractivity contribution in [2.24, 2.45) is 0 Å². The van der Waals surface area contributed by atoms with Crippen LogP contribution in [-0.2, 0) is 9.59 Å². The van der Waals surface area contributed by atoms with Crippen LogP contribution in [0.25, 0.3) is 0 Å². The molecule has 8 heteroatoms. The van der Waals surface area contributed by atoms with Crippen LogP contribution in [-0.4, -0.2) is 49.1 Å². The average molecular weight is 338 g/mol. The van der Waals surface area contributed by atoms with Gasteiger partial charge in [-0.25, -0.2) is 0 Å². The van der Waals surface area contributed by atoms with Crippen LogP contribution in [0.5, 0.6) is 5.75 Å². The zero-order valence-electron chi connectivity index (χ0n) is 12.4. The largest absolute Gasteiger partial charge is 0.489 e. The molecule has 0 unspecified atom stereocenters. The van der Waals surface area contributed by atoms with Crippen LogP contribution in [0.15, 0.2) is 18.2 Å². The van der Waals surface area contributed by atoms with E-state index in [1.165, 1.54) is 4.90 Å². The summed E-state index contributed by atoms with van der Waals surface area (Å²) in [6.45, 7) is 0.969. The van der Waals surface area contributed by atoms with E-state index in [4.69, 9.17) is 26.7 Å². The Morgan fingerprint density at radius 1 is 1.48 bits per heavy atom. The number of carbonyl (C=O) groups is 2. The maximum Gasteiger partial charge on any atom is 0.323 e. The highest BCUT2D eigenvalue weighted by molar-refractivity contribution is 6.29. The number of halogens is 1. The zero-order valence-corrected chi connectivity index (χ0v) is 13.1.